The first kappa shape index (κ1) is 20.4. The molecular formula is C20H26O2S3. The first-order chi connectivity index (χ1) is 12.2. The van der Waals surface area contributed by atoms with Crippen LogP contribution in [0.25, 0.3) is 0 Å². The Hall–Kier alpha value is -0.910. The van der Waals surface area contributed by atoms with Crippen LogP contribution in [0.3, 0.4) is 0 Å². The fraction of sp³-hybridized carbons (Fsp3) is 0.400. The van der Waals surface area contributed by atoms with Gasteiger partial charge in [-0.15, -0.1) is 23.5 Å². The van der Waals surface area contributed by atoms with E-state index in [9.17, 15) is 0 Å². The molecule has 2 nitrogen and oxygen atoms in total. The average molecular weight is 395 g/mol. The lowest BCUT2D eigenvalue weighted by Gasteiger charge is -2.15. The zero-order valence-electron chi connectivity index (χ0n) is 15.3. The molecule has 2 rings (SSSR count). The Balaban J connectivity index is 2.31. The van der Waals surface area contributed by atoms with Crippen molar-refractivity contribution in [1.82, 2.24) is 0 Å². The largest absolute Gasteiger partial charge is 0.493 e. The molecule has 0 aliphatic carbocycles. The van der Waals surface area contributed by atoms with Crippen LogP contribution in [0.5, 0.6) is 11.5 Å². The van der Waals surface area contributed by atoms with Crippen molar-refractivity contribution in [3.63, 3.8) is 0 Å². The van der Waals surface area contributed by atoms with E-state index >= 15 is 0 Å². The van der Waals surface area contributed by atoms with Gasteiger partial charge in [0.15, 0.2) is 0 Å². The van der Waals surface area contributed by atoms with Gasteiger partial charge in [0, 0.05) is 9.79 Å². The Bertz CT molecular complexity index is 616. The van der Waals surface area contributed by atoms with E-state index in [1.54, 1.807) is 11.8 Å². The Morgan fingerprint density at radius 3 is 1.48 bits per heavy atom. The van der Waals surface area contributed by atoms with Crippen LogP contribution in [0, 0.1) is 0 Å². The third-order valence-corrected chi connectivity index (χ3v) is 6.14. The van der Waals surface area contributed by atoms with Crippen molar-refractivity contribution in [3.8, 4) is 11.5 Å². The van der Waals surface area contributed by atoms with E-state index < -0.39 is 0 Å². The van der Waals surface area contributed by atoms with Gasteiger partial charge < -0.3 is 9.47 Å². The van der Waals surface area contributed by atoms with Crippen LogP contribution in [0.4, 0.5) is 0 Å². The quantitative estimate of drug-likeness (QED) is 0.409. The molecule has 0 N–H and O–H groups in total. The average Bonchev–Trinajstić information content (AvgIpc) is 2.60. The highest BCUT2D eigenvalue weighted by atomic mass is 32.2. The highest BCUT2D eigenvalue weighted by Gasteiger charge is 2.12. The summed E-state index contributed by atoms with van der Waals surface area (Å²) in [7, 11) is 0. The maximum atomic E-state index is 5.88. The molecule has 0 aromatic heterocycles. The summed E-state index contributed by atoms with van der Waals surface area (Å²) in [6.07, 6.45) is 0. The molecule has 2 aromatic carbocycles. The molecule has 0 atom stereocenters. The number of rotatable bonds is 10. The molecule has 0 aliphatic rings. The molecule has 0 aliphatic heterocycles. The minimum Gasteiger partial charge on any atom is -0.493 e. The van der Waals surface area contributed by atoms with Gasteiger partial charge in [0.05, 0.1) is 23.0 Å². The second-order valence-corrected chi connectivity index (χ2v) is 8.81. The fourth-order valence-corrected chi connectivity index (χ4v) is 4.64. The number of ether oxygens (including phenoxy) is 2. The van der Waals surface area contributed by atoms with E-state index in [4.69, 9.17) is 9.47 Å². The molecule has 0 saturated heterocycles. The predicted octanol–water partition coefficient (Wildman–Crippen LogP) is 6.86. The molecule has 0 amide bonds. The summed E-state index contributed by atoms with van der Waals surface area (Å²) in [6, 6.07) is 12.9. The van der Waals surface area contributed by atoms with Gasteiger partial charge in [-0.05, 0) is 61.8 Å². The van der Waals surface area contributed by atoms with Gasteiger partial charge in [0.25, 0.3) is 0 Å². The summed E-state index contributed by atoms with van der Waals surface area (Å²) in [5.41, 5.74) is 0. The second-order valence-electron chi connectivity index (χ2n) is 5.05. The number of hydrogen-bond donors (Lipinski definition) is 0. The highest BCUT2D eigenvalue weighted by Crippen LogP contribution is 2.42. The first-order valence-electron chi connectivity index (χ1n) is 8.68. The normalized spacial score (nSPS) is 10.7. The van der Waals surface area contributed by atoms with Gasteiger partial charge in [-0.3, -0.25) is 0 Å². The lowest BCUT2D eigenvalue weighted by molar-refractivity contribution is 0.329. The van der Waals surface area contributed by atoms with Gasteiger partial charge >= 0.3 is 0 Å². The topological polar surface area (TPSA) is 18.5 Å². The first-order valence-corrected chi connectivity index (χ1v) is 11.5. The third kappa shape index (κ3) is 6.08. The van der Waals surface area contributed by atoms with Crippen molar-refractivity contribution >= 4 is 35.3 Å². The summed E-state index contributed by atoms with van der Waals surface area (Å²) in [6.45, 7) is 9.71. The van der Waals surface area contributed by atoms with Crippen LogP contribution in [-0.2, 0) is 0 Å². The fourth-order valence-electron chi connectivity index (χ4n) is 2.31. The zero-order valence-corrected chi connectivity index (χ0v) is 17.8. The summed E-state index contributed by atoms with van der Waals surface area (Å²) in [5.74, 6) is 4.01. The van der Waals surface area contributed by atoms with E-state index in [0.29, 0.717) is 13.2 Å². The van der Waals surface area contributed by atoms with Crippen molar-refractivity contribution in [3.05, 3.63) is 36.4 Å². The summed E-state index contributed by atoms with van der Waals surface area (Å²) in [4.78, 5) is 4.74. The standard InChI is InChI=1S/C20H26O2S3/c1-5-21-17-13-15(23-7-3)9-11-19(17)25-20-12-10-16(24-8-4)14-18(20)22-6-2/h9-14H,5-8H2,1-4H3. The van der Waals surface area contributed by atoms with E-state index in [1.165, 1.54) is 9.79 Å². The van der Waals surface area contributed by atoms with Gasteiger partial charge in [0.2, 0.25) is 0 Å². The van der Waals surface area contributed by atoms with Crippen LogP contribution in [0.1, 0.15) is 27.7 Å². The lowest BCUT2D eigenvalue weighted by Crippen LogP contribution is -1.96. The van der Waals surface area contributed by atoms with Gasteiger partial charge in [-0.25, -0.2) is 0 Å². The Labute approximate surface area is 164 Å². The monoisotopic (exact) mass is 394 g/mol. The molecule has 5 heteroatoms. The Kier molecular flexibility index (Phi) is 8.93. The van der Waals surface area contributed by atoms with Crippen molar-refractivity contribution < 1.29 is 9.47 Å². The third-order valence-electron chi connectivity index (χ3n) is 3.27. The number of thioether (sulfide) groups is 2. The van der Waals surface area contributed by atoms with Gasteiger partial charge in [-0.1, -0.05) is 25.6 Å². The molecular weight excluding hydrogens is 368 g/mol. The van der Waals surface area contributed by atoms with Gasteiger partial charge in [0.1, 0.15) is 11.5 Å². The highest BCUT2D eigenvalue weighted by molar-refractivity contribution is 8.00. The second kappa shape index (κ2) is 10.9. The molecule has 136 valence electrons. The number of hydrogen-bond acceptors (Lipinski definition) is 5. The summed E-state index contributed by atoms with van der Waals surface area (Å²) in [5, 5.41) is 0. The van der Waals surface area contributed by atoms with Crippen LogP contribution in [0.2, 0.25) is 0 Å². The molecule has 0 heterocycles. The van der Waals surface area contributed by atoms with E-state index in [0.717, 1.165) is 32.8 Å². The molecule has 0 unspecified atom stereocenters. The van der Waals surface area contributed by atoms with Crippen molar-refractivity contribution in [1.29, 1.82) is 0 Å². The predicted molar refractivity (Wildman–Crippen MR) is 112 cm³/mol. The van der Waals surface area contributed by atoms with Crippen molar-refractivity contribution in [2.75, 3.05) is 24.7 Å². The maximum absolute atomic E-state index is 5.88. The van der Waals surface area contributed by atoms with Crippen LogP contribution < -0.4 is 9.47 Å². The Morgan fingerprint density at radius 2 is 1.12 bits per heavy atom. The SMILES string of the molecule is CCOc1cc(SCC)ccc1Sc1ccc(SCC)cc1OCC. The van der Waals surface area contributed by atoms with Gasteiger partial charge in [-0.2, -0.15) is 0 Å². The maximum Gasteiger partial charge on any atom is 0.134 e. The molecule has 0 fully saturated rings. The molecule has 0 radical (unpaired) electrons. The smallest absolute Gasteiger partial charge is 0.134 e. The molecule has 25 heavy (non-hydrogen) atoms. The summed E-state index contributed by atoms with van der Waals surface area (Å²) >= 11 is 5.37. The van der Waals surface area contributed by atoms with E-state index in [1.807, 2.05) is 37.4 Å². The van der Waals surface area contributed by atoms with Crippen molar-refractivity contribution in [2.45, 2.75) is 47.3 Å². The molecule has 2 aromatic rings. The van der Waals surface area contributed by atoms with Crippen molar-refractivity contribution in [2.24, 2.45) is 0 Å². The minimum atomic E-state index is 0.665. The number of benzene rings is 2. The minimum absolute atomic E-state index is 0.665. The van der Waals surface area contributed by atoms with E-state index in [2.05, 4.69) is 50.2 Å². The summed E-state index contributed by atoms with van der Waals surface area (Å²) < 4.78 is 11.8. The molecule has 0 saturated carbocycles. The zero-order chi connectivity index (χ0) is 18.1. The van der Waals surface area contributed by atoms with Crippen LogP contribution in [0.15, 0.2) is 56.0 Å². The lowest BCUT2D eigenvalue weighted by atomic mass is 10.3. The molecule has 0 spiro atoms. The van der Waals surface area contributed by atoms with E-state index in [-0.39, 0.29) is 0 Å². The molecule has 0 bridgehead atoms. The van der Waals surface area contributed by atoms with Crippen LogP contribution in [-0.4, -0.2) is 24.7 Å². The Morgan fingerprint density at radius 1 is 0.680 bits per heavy atom. The van der Waals surface area contributed by atoms with Crippen LogP contribution >= 0.6 is 35.3 Å².